The predicted octanol–water partition coefficient (Wildman–Crippen LogP) is 1.93. The van der Waals surface area contributed by atoms with Crippen molar-refractivity contribution < 1.29 is 19.2 Å². The zero-order chi connectivity index (χ0) is 13.1. The fraction of sp³-hybridized carbons (Fsp3) is 0.250. The number of esters is 1. The van der Waals surface area contributed by atoms with Gasteiger partial charge in [0.2, 0.25) is 0 Å². The maximum absolute atomic E-state index is 11.3. The van der Waals surface area contributed by atoms with Gasteiger partial charge in [-0.05, 0) is 17.7 Å². The molecule has 0 saturated carbocycles. The highest BCUT2D eigenvalue weighted by Gasteiger charge is 2.20. The minimum Gasteiger partial charge on any atom is -0.490 e. The van der Waals surface area contributed by atoms with Gasteiger partial charge >= 0.3 is 11.7 Å². The number of nitrogens with zero attached hydrogens (tertiary/aromatic N) is 1. The van der Waals surface area contributed by atoms with Crippen molar-refractivity contribution in [3.05, 3.63) is 39.4 Å². The maximum Gasteiger partial charge on any atom is 0.334 e. The van der Waals surface area contributed by atoms with E-state index in [-0.39, 0.29) is 17.4 Å². The van der Waals surface area contributed by atoms with E-state index in [1.54, 1.807) is 12.1 Å². The van der Waals surface area contributed by atoms with E-state index in [0.717, 1.165) is 0 Å². The zero-order valence-electron chi connectivity index (χ0n) is 9.71. The number of ether oxygens (including phenoxy) is 2. The van der Waals surface area contributed by atoms with E-state index in [1.165, 1.54) is 19.2 Å². The third-order valence-corrected chi connectivity index (χ3v) is 2.61. The van der Waals surface area contributed by atoms with Gasteiger partial charge in [0.25, 0.3) is 0 Å². The van der Waals surface area contributed by atoms with Crippen molar-refractivity contribution in [2.75, 3.05) is 13.7 Å². The van der Waals surface area contributed by atoms with E-state index in [1.807, 2.05) is 0 Å². The Balaban J connectivity index is 2.38. The van der Waals surface area contributed by atoms with E-state index in [4.69, 9.17) is 9.47 Å². The fourth-order valence-corrected chi connectivity index (χ4v) is 1.72. The number of nitro benzene ring substituents is 1. The summed E-state index contributed by atoms with van der Waals surface area (Å²) < 4.78 is 9.69. The van der Waals surface area contributed by atoms with Crippen molar-refractivity contribution in [1.82, 2.24) is 0 Å². The molecule has 0 unspecified atom stereocenters. The van der Waals surface area contributed by atoms with Crippen LogP contribution in [0.4, 0.5) is 5.69 Å². The Hall–Kier alpha value is -2.37. The first kappa shape index (κ1) is 12.1. The lowest BCUT2D eigenvalue weighted by Gasteiger charge is -2.02. The highest BCUT2D eigenvalue weighted by molar-refractivity contribution is 5.95. The quantitative estimate of drug-likeness (QED) is 0.354. The van der Waals surface area contributed by atoms with Crippen LogP contribution in [0.25, 0.3) is 6.08 Å². The number of cyclic esters (lactones) is 1. The summed E-state index contributed by atoms with van der Waals surface area (Å²) in [6, 6.07) is 4.53. The van der Waals surface area contributed by atoms with E-state index in [9.17, 15) is 14.9 Å². The highest BCUT2D eigenvalue weighted by atomic mass is 16.6. The number of benzene rings is 1. The summed E-state index contributed by atoms with van der Waals surface area (Å²) in [5.74, 6) is -0.176. The van der Waals surface area contributed by atoms with Gasteiger partial charge in [0.15, 0.2) is 5.75 Å². The molecule has 1 aliphatic rings. The molecule has 1 fully saturated rings. The lowest BCUT2D eigenvalue weighted by Crippen LogP contribution is -1.96. The molecular formula is C12H11NO5. The van der Waals surface area contributed by atoms with Crippen LogP contribution in [0.1, 0.15) is 12.0 Å². The summed E-state index contributed by atoms with van der Waals surface area (Å²) in [5.41, 5.74) is 0.976. The van der Waals surface area contributed by atoms with Gasteiger partial charge in [-0.1, -0.05) is 6.07 Å². The minimum absolute atomic E-state index is 0.127. The second kappa shape index (κ2) is 4.87. The number of hydrogen-bond donors (Lipinski definition) is 0. The molecular weight excluding hydrogens is 238 g/mol. The second-order valence-electron chi connectivity index (χ2n) is 3.74. The highest BCUT2D eigenvalue weighted by Crippen LogP contribution is 2.29. The summed E-state index contributed by atoms with van der Waals surface area (Å²) in [5, 5.41) is 10.8. The molecule has 0 spiro atoms. The van der Waals surface area contributed by atoms with Gasteiger partial charge < -0.3 is 9.47 Å². The predicted molar refractivity (Wildman–Crippen MR) is 63.2 cm³/mol. The average Bonchev–Trinajstić information content (AvgIpc) is 2.75. The van der Waals surface area contributed by atoms with Gasteiger partial charge in [-0.2, -0.15) is 0 Å². The number of methoxy groups -OCH3 is 1. The maximum atomic E-state index is 11.3. The molecule has 94 valence electrons. The molecule has 1 aromatic carbocycles. The van der Waals surface area contributed by atoms with Crippen LogP contribution in [0.2, 0.25) is 0 Å². The molecule has 6 nitrogen and oxygen atoms in total. The molecule has 1 heterocycles. The van der Waals surface area contributed by atoms with E-state index >= 15 is 0 Å². The topological polar surface area (TPSA) is 78.7 Å². The normalized spacial score (nSPS) is 16.7. The molecule has 1 aliphatic heterocycles. The summed E-state index contributed by atoms with van der Waals surface area (Å²) >= 11 is 0. The van der Waals surface area contributed by atoms with Crippen LogP contribution in [0.5, 0.6) is 5.75 Å². The van der Waals surface area contributed by atoms with Crippen LogP contribution >= 0.6 is 0 Å². The van der Waals surface area contributed by atoms with Gasteiger partial charge in [0.1, 0.15) is 0 Å². The number of carbonyl (C=O) groups excluding carboxylic acids is 1. The molecule has 0 bridgehead atoms. The van der Waals surface area contributed by atoms with Crippen molar-refractivity contribution in [3.8, 4) is 5.75 Å². The van der Waals surface area contributed by atoms with Crippen molar-refractivity contribution >= 4 is 17.7 Å². The summed E-state index contributed by atoms with van der Waals surface area (Å²) in [6.45, 7) is 0.364. The number of hydrogen-bond acceptors (Lipinski definition) is 5. The van der Waals surface area contributed by atoms with Crippen molar-refractivity contribution in [1.29, 1.82) is 0 Å². The molecule has 0 radical (unpaired) electrons. The molecule has 6 heteroatoms. The number of rotatable bonds is 3. The molecule has 0 atom stereocenters. The Morgan fingerprint density at radius 3 is 2.83 bits per heavy atom. The fourth-order valence-electron chi connectivity index (χ4n) is 1.72. The molecule has 0 amide bonds. The lowest BCUT2D eigenvalue weighted by atomic mass is 10.1. The van der Waals surface area contributed by atoms with Crippen LogP contribution < -0.4 is 4.74 Å². The number of nitro groups is 1. The second-order valence-corrected chi connectivity index (χ2v) is 3.74. The van der Waals surface area contributed by atoms with Gasteiger partial charge in [0, 0.05) is 18.1 Å². The first-order chi connectivity index (χ1) is 8.61. The molecule has 1 saturated heterocycles. The Bertz CT molecular complexity index is 535. The van der Waals surface area contributed by atoms with Crippen molar-refractivity contribution in [2.24, 2.45) is 0 Å². The van der Waals surface area contributed by atoms with Gasteiger partial charge in [-0.15, -0.1) is 0 Å². The van der Waals surface area contributed by atoms with E-state index in [2.05, 4.69) is 0 Å². The Morgan fingerprint density at radius 2 is 2.28 bits per heavy atom. The molecule has 0 N–H and O–H groups in total. The largest absolute Gasteiger partial charge is 0.490 e. The lowest BCUT2D eigenvalue weighted by molar-refractivity contribution is -0.385. The average molecular weight is 249 g/mol. The third kappa shape index (κ3) is 2.32. The van der Waals surface area contributed by atoms with Crippen LogP contribution in [-0.2, 0) is 9.53 Å². The third-order valence-electron chi connectivity index (χ3n) is 2.61. The summed E-state index contributed by atoms with van der Waals surface area (Å²) in [4.78, 5) is 21.6. The van der Waals surface area contributed by atoms with Gasteiger partial charge in [0.05, 0.1) is 18.6 Å². The molecule has 18 heavy (non-hydrogen) atoms. The van der Waals surface area contributed by atoms with Gasteiger partial charge in [-0.25, -0.2) is 4.79 Å². The summed E-state index contributed by atoms with van der Waals surface area (Å²) in [7, 11) is 1.37. The Kier molecular flexibility index (Phi) is 3.27. The molecule has 1 aromatic rings. The van der Waals surface area contributed by atoms with Gasteiger partial charge in [-0.3, -0.25) is 10.1 Å². The van der Waals surface area contributed by atoms with Crippen LogP contribution in [0.3, 0.4) is 0 Å². The van der Waals surface area contributed by atoms with Crippen molar-refractivity contribution in [2.45, 2.75) is 6.42 Å². The van der Waals surface area contributed by atoms with Crippen LogP contribution in [0, 0.1) is 10.1 Å². The Morgan fingerprint density at radius 1 is 1.50 bits per heavy atom. The first-order valence-electron chi connectivity index (χ1n) is 5.32. The SMILES string of the molecule is COc1ccc(/C=C2\CCOC2=O)cc1[N+](=O)[O-]. The number of carbonyl (C=O) groups is 1. The standard InChI is InChI=1S/C12H11NO5/c1-17-11-3-2-8(7-10(11)13(15)16)6-9-4-5-18-12(9)14/h2-3,6-7H,4-5H2,1H3/b9-6+. The zero-order valence-corrected chi connectivity index (χ0v) is 9.71. The first-order valence-corrected chi connectivity index (χ1v) is 5.32. The summed E-state index contributed by atoms with van der Waals surface area (Å²) in [6.07, 6.45) is 2.13. The van der Waals surface area contributed by atoms with Crippen molar-refractivity contribution in [3.63, 3.8) is 0 Å². The van der Waals surface area contributed by atoms with E-state index in [0.29, 0.717) is 24.2 Å². The van der Waals surface area contributed by atoms with E-state index < -0.39 is 4.92 Å². The Labute approximate surface area is 103 Å². The smallest absolute Gasteiger partial charge is 0.334 e. The monoisotopic (exact) mass is 249 g/mol. The minimum atomic E-state index is -0.520. The molecule has 0 aliphatic carbocycles. The van der Waals surface area contributed by atoms with Crippen LogP contribution in [0.15, 0.2) is 23.8 Å². The molecule has 0 aromatic heterocycles. The van der Waals surface area contributed by atoms with Crippen LogP contribution in [-0.4, -0.2) is 24.6 Å². The molecule has 2 rings (SSSR count).